The number of hydrogen-bond donors (Lipinski definition) is 1. The van der Waals surface area contributed by atoms with Gasteiger partial charge in [0.15, 0.2) is 0 Å². The van der Waals surface area contributed by atoms with Crippen molar-refractivity contribution in [2.75, 3.05) is 0 Å². The molecule has 1 rings (SSSR count). The van der Waals surface area contributed by atoms with E-state index in [4.69, 9.17) is 5.41 Å². The van der Waals surface area contributed by atoms with Gasteiger partial charge in [0.25, 0.3) is 0 Å². The molecule has 1 aliphatic carbocycles. The summed E-state index contributed by atoms with van der Waals surface area (Å²) >= 11 is 0. The Hall–Kier alpha value is -0.330. The minimum absolute atomic E-state index is 0.850. The van der Waals surface area contributed by atoms with Gasteiger partial charge in [0.05, 0.1) is 0 Å². The quantitative estimate of drug-likeness (QED) is 0.264. The second kappa shape index (κ2) is 11.5. The van der Waals surface area contributed by atoms with Gasteiger partial charge in [-0.2, -0.15) is 0 Å². The molecule has 1 nitrogen and oxygen atoms in total. The van der Waals surface area contributed by atoms with Crippen LogP contribution in [0.4, 0.5) is 0 Å². The summed E-state index contributed by atoms with van der Waals surface area (Å²) in [6.07, 6.45) is 21.3. The smallest absolute Gasteiger partial charge is 0.00582 e. The first kappa shape index (κ1) is 16.7. The van der Waals surface area contributed by atoms with Gasteiger partial charge in [0.2, 0.25) is 0 Å². The molecule has 0 aliphatic heterocycles. The number of rotatable bonds is 10. The van der Waals surface area contributed by atoms with Crippen molar-refractivity contribution in [2.24, 2.45) is 5.92 Å². The van der Waals surface area contributed by atoms with E-state index in [-0.39, 0.29) is 0 Å². The molecule has 0 saturated heterocycles. The van der Waals surface area contributed by atoms with E-state index < -0.39 is 0 Å². The van der Waals surface area contributed by atoms with Crippen LogP contribution >= 0.6 is 0 Å². The lowest BCUT2D eigenvalue weighted by atomic mass is 9.93. The Morgan fingerprint density at radius 2 is 1.32 bits per heavy atom. The second-order valence-electron chi connectivity index (χ2n) is 6.65. The SMILES string of the molecule is CC(=N)CCCCCCCCCC1CCCCCC1. The normalized spacial score (nSPS) is 17.3. The van der Waals surface area contributed by atoms with Crippen molar-refractivity contribution in [2.45, 2.75) is 103 Å². The Bertz CT molecular complexity index is 214. The molecule has 0 heterocycles. The average Bonchev–Trinajstić information content (AvgIpc) is 2.65. The van der Waals surface area contributed by atoms with Gasteiger partial charge in [0.1, 0.15) is 0 Å². The van der Waals surface area contributed by atoms with E-state index in [1.54, 1.807) is 0 Å². The van der Waals surface area contributed by atoms with Gasteiger partial charge in [-0.25, -0.2) is 0 Å². The number of unbranched alkanes of at least 4 members (excludes halogenated alkanes) is 6. The fraction of sp³-hybridized carbons (Fsp3) is 0.944. The van der Waals surface area contributed by atoms with Crippen molar-refractivity contribution in [3.63, 3.8) is 0 Å². The first-order valence-electron chi connectivity index (χ1n) is 8.83. The third-order valence-corrected chi connectivity index (χ3v) is 4.64. The van der Waals surface area contributed by atoms with Crippen LogP contribution in [-0.4, -0.2) is 5.71 Å². The third kappa shape index (κ3) is 10.2. The third-order valence-electron chi connectivity index (χ3n) is 4.64. The number of hydrogen-bond acceptors (Lipinski definition) is 1. The van der Waals surface area contributed by atoms with Crippen LogP contribution < -0.4 is 0 Å². The van der Waals surface area contributed by atoms with Gasteiger partial charge >= 0.3 is 0 Å². The molecule has 0 unspecified atom stereocenters. The lowest BCUT2D eigenvalue weighted by Gasteiger charge is -2.13. The molecule has 0 bridgehead atoms. The predicted molar refractivity (Wildman–Crippen MR) is 86.1 cm³/mol. The zero-order chi connectivity index (χ0) is 13.8. The molecule has 0 radical (unpaired) electrons. The monoisotopic (exact) mass is 265 g/mol. The highest BCUT2D eigenvalue weighted by Crippen LogP contribution is 2.27. The van der Waals surface area contributed by atoms with Crippen LogP contribution in [0.25, 0.3) is 0 Å². The summed E-state index contributed by atoms with van der Waals surface area (Å²) in [6, 6.07) is 0. The first-order valence-corrected chi connectivity index (χ1v) is 8.83. The maximum Gasteiger partial charge on any atom is 0.00582 e. The largest absolute Gasteiger partial charge is 0.310 e. The van der Waals surface area contributed by atoms with Crippen molar-refractivity contribution in [1.29, 1.82) is 5.41 Å². The maximum atomic E-state index is 7.38. The molecule has 0 aromatic heterocycles. The van der Waals surface area contributed by atoms with Crippen molar-refractivity contribution in [3.05, 3.63) is 0 Å². The molecule has 1 fully saturated rings. The van der Waals surface area contributed by atoms with Crippen LogP contribution in [0.2, 0.25) is 0 Å². The summed E-state index contributed by atoms with van der Waals surface area (Å²) in [5, 5.41) is 7.38. The summed E-state index contributed by atoms with van der Waals surface area (Å²) in [6.45, 7) is 1.92. The molecule has 0 amide bonds. The minimum Gasteiger partial charge on any atom is -0.310 e. The van der Waals surface area contributed by atoms with E-state index in [1.165, 1.54) is 89.9 Å². The highest BCUT2D eigenvalue weighted by Gasteiger charge is 2.11. The number of nitrogens with one attached hydrogen (secondary N) is 1. The molecule has 112 valence electrons. The lowest BCUT2D eigenvalue weighted by Crippen LogP contribution is -1.98. The molecule has 0 aromatic carbocycles. The summed E-state index contributed by atoms with van der Waals surface area (Å²) in [5.74, 6) is 1.07. The molecule has 1 heteroatoms. The first-order chi connectivity index (χ1) is 9.29. The van der Waals surface area contributed by atoms with Gasteiger partial charge in [-0.3, -0.25) is 0 Å². The van der Waals surface area contributed by atoms with E-state index in [0.29, 0.717) is 0 Å². The average molecular weight is 265 g/mol. The zero-order valence-corrected chi connectivity index (χ0v) is 13.2. The summed E-state index contributed by atoms with van der Waals surface area (Å²) in [7, 11) is 0. The molecular weight excluding hydrogens is 230 g/mol. The minimum atomic E-state index is 0.850. The van der Waals surface area contributed by atoms with Crippen LogP contribution in [0.5, 0.6) is 0 Å². The fourth-order valence-corrected chi connectivity index (χ4v) is 3.36. The van der Waals surface area contributed by atoms with Gasteiger partial charge in [-0.15, -0.1) is 0 Å². The summed E-state index contributed by atoms with van der Waals surface area (Å²) < 4.78 is 0. The Kier molecular flexibility index (Phi) is 10.1. The van der Waals surface area contributed by atoms with Crippen LogP contribution in [0, 0.1) is 11.3 Å². The van der Waals surface area contributed by atoms with Gasteiger partial charge in [-0.05, 0) is 25.7 Å². The predicted octanol–water partition coefficient (Wildman–Crippen LogP) is 6.51. The maximum absolute atomic E-state index is 7.38. The van der Waals surface area contributed by atoms with E-state index in [1.807, 2.05) is 6.92 Å². The van der Waals surface area contributed by atoms with E-state index in [0.717, 1.165) is 18.1 Å². The molecule has 1 aliphatic rings. The zero-order valence-electron chi connectivity index (χ0n) is 13.2. The standard InChI is InChI=1S/C18H35N/c1-17(19)13-9-5-3-2-4-6-10-14-18-15-11-7-8-12-16-18/h18-19H,2-16H2,1H3. The van der Waals surface area contributed by atoms with Gasteiger partial charge in [0, 0.05) is 5.71 Å². The van der Waals surface area contributed by atoms with Crippen molar-refractivity contribution >= 4 is 5.71 Å². The molecule has 1 N–H and O–H groups in total. The molecule has 19 heavy (non-hydrogen) atoms. The highest BCUT2D eigenvalue weighted by atomic mass is 14.4. The molecule has 0 spiro atoms. The Morgan fingerprint density at radius 1 is 0.789 bits per heavy atom. The molecular formula is C18H35N. The highest BCUT2D eigenvalue weighted by molar-refractivity contribution is 5.78. The fourth-order valence-electron chi connectivity index (χ4n) is 3.36. The summed E-state index contributed by atoms with van der Waals surface area (Å²) in [4.78, 5) is 0. The van der Waals surface area contributed by atoms with Gasteiger partial charge in [-0.1, -0.05) is 83.5 Å². The molecule has 1 saturated carbocycles. The lowest BCUT2D eigenvalue weighted by molar-refractivity contribution is 0.404. The van der Waals surface area contributed by atoms with Crippen molar-refractivity contribution in [1.82, 2.24) is 0 Å². The Balaban J connectivity index is 1.81. The van der Waals surface area contributed by atoms with Crippen molar-refractivity contribution in [3.8, 4) is 0 Å². The Labute approximate surface area is 121 Å². The van der Waals surface area contributed by atoms with Crippen LogP contribution in [0.1, 0.15) is 103 Å². The van der Waals surface area contributed by atoms with E-state index >= 15 is 0 Å². The topological polar surface area (TPSA) is 23.9 Å². The van der Waals surface area contributed by atoms with Crippen molar-refractivity contribution < 1.29 is 0 Å². The molecule has 0 aromatic rings. The van der Waals surface area contributed by atoms with Crippen LogP contribution in [0.15, 0.2) is 0 Å². The summed E-state index contributed by atoms with van der Waals surface area (Å²) in [5.41, 5.74) is 0.850. The van der Waals surface area contributed by atoms with E-state index in [2.05, 4.69) is 0 Å². The Morgan fingerprint density at radius 3 is 1.89 bits per heavy atom. The second-order valence-corrected chi connectivity index (χ2v) is 6.65. The van der Waals surface area contributed by atoms with Crippen LogP contribution in [0.3, 0.4) is 0 Å². The van der Waals surface area contributed by atoms with E-state index in [9.17, 15) is 0 Å². The molecule has 0 atom stereocenters. The van der Waals surface area contributed by atoms with Crippen LogP contribution in [-0.2, 0) is 0 Å². The van der Waals surface area contributed by atoms with Gasteiger partial charge < -0.3 is 5.41 Å².